The molecule has 0 spiro atoms. The highest BCUT2D eigenvalue weighted by molar-refractivity contribution is 6.11. The van der Waals surface area contributed by atoms with E-state index in [-0.39, 0.29) is 5.41 Å². The summed E-state index contributed by atoms with van der Waals surface area (Å²) in [4.78, 5) is 2.40. The Kier molecular flexibility index (Phi) is 8.01. The summed E-state index contributed by atoms with van der Waals surface area (Å²) < 4.78 is 8.86. The SMILES string of the molecule is Cc1cc(C)cc(-n2c3ccccc3c3cc(-c4ccc(N(c5ccc(-c6cccc7c6oc6ccccc67)cc5)c5ccc6c(c5)C(C)(C)c5ccccc5-6)cc4)ccc32)c1. The van der Waals surface area contributed by atoms with Crippen molar-refractivity contribution in [3.63, 3.8) is 0 Å². The molecule has 0 radical (unpaired) electrons. The van der Waals surface area contributed by atoms with E-state index in [2.05, 4.69) is 219 Å². The lowest BCUT2D eigenvalue weighted by Gasteiger charge is -2.28. The number of hydrogen-bond donors (Lipinski definition) is 0. The standard InChI is InChI=1S/C59H44N2O/c1-37-32-38(2)34-45(33-37)61-55-18-9-6-13-49(55)52-35-41(24-31-56(52)61)39-20-25-42(26-21-39)60(44-29-30-48-47-12-5-8-17-53(47)59(3,4)54(48)36-44)43-27-22-40(23-28-43)46-15-11-16-51-50-14-7-10-19-57(50)62-58(46)51/h5-36H,1-4H3. The third-order valence-electron chi connectivity index (χ3n) is 13.3. The minimum atomic E-state index is -0.119. The predicted molar refractivity (Wildman–Crippen MR) is 261 cm³/mol. The molecule has 0 atom stereocenters. The summed E-state index contributed by atoms with van der Waals surface area (Å²) in [6, 6.07) is 71.2. The highest BCUT2D eigenvalue weighted by Crippen LogP contribution is 2.51. The molecule has 0 bridgehead atoms. The molecule has 0 amide bonds. The number of rotatable bonds is 6. The average molecular weight is 797 g/mol. The van der Waals surface area contributed by atoms with Gasteiger partial charge in [-0.1, -0.05) is 135 Å². The van der Waals surface area contributed by atoms with Crippen LogP contribution in [0.15, 0.2) is 199 Å². The Bertz CT molecular complexity index is 3540. The zero-order valence-electron chi connectivity index (χ0n) is 35.3. The Labute approximate surface area is 361 Å². The van der Waals surface area contributed by atoms with Crippen LogP contribution in [0.25, 0.3) is 82.8 Å². The highest BCUT2D eigenvalue weighted by Gasteiger charge is 2.35. The van der Waals surface area contributed by atoms with E-state index in [0.717, 1.165) is 50.1 Å². The van der Waals surface area contributed by atoms with Gasteiger partial charge in [-0.25, -0.2) is 0 Å². The zero-order chi connectivity index (χ0) is 41.7. The summed E-state index contributed by atoms with van der Waals surface area (Å²) in [5, 5.41) is 4.79. The largest absolute Gasteiger partial charge is 0.455 e. The molecule has 0 unspecified atom stereocenters. The number of furan rings is 1. The monoisotopic (exact) mass is 796 g/mol. The second kappa shape index (κ2) is 13.7. The number of aryl methyl sites for hydroxylation is 2. The molecule has 9 aromatic carbocycles. The van der Waals surface area contributed by atoms with Gasteiger partial charge < -0.3 is 13.9 Å². The van der Waals surface area contributed by atoms with Crippen LogP contribution in [-0.4, -0.2) is 4.57 Å². The molecule has 0 saturated heterocycles. The first-order valence-corrected chi connectivity index (χ1v) is 21.6. The molecule has 1 aliphatic rings. The molecule has 0 saturated carbocycles. The fourth-order valence-electron chi connectivity index (χ4n) is 10.4. The van der Waals surface area contributed by atoms with Gasteiger partial charge >= 0.3 is 0 Å². The van der Waals surface area contributed by atoms with Crippen LogP contribution in [0.3, 0.4) is 0 Å². The molecule has 3 nitrogen and oxygen atoms in total. The van der Waals surface area contributed by atoms with Crippen molar-refractivity contribution < 1.29 is 4.42 Å². The van der Waals surface area contributed by atoms with Crippen molar-refractivity contribution in [3.05, 3.63) is 216 Å². The van der Waals surface area contributed by atoms with Gasteiger partial charge in [0.2, 0.25) is 0 Å². The lowest BCUT2D eigenvalue weighted by Crippen LogP contribution is -2.16. The van der Waals surface area contributed by atoms with E-state index in [1.165, 1.54) is 72.0 Å². The molecule has 62 heavy (non-hydrogen) atoms. The lowest BCUT2D eigenvalue weighted by atomic mass is 9.82. The molecule has 11 aromatic rings. The summed E-state index contributed by atoms with van der Waals surface area (Å²) in [5.41, 5.74) is 21.1. The summed E-state index contributed by atoms with van der Waals surface area (Å²) >= 11 is 0. The molecule has 3 heteroatoms. The van der Waals surface area contributed by atoms with Gasteiger partial charge in [0.15, 0.2) is 0 Å². The van der Waals surface area contributed by atoms with Crippen molar-refractivity contribution >= 4 is 60.8 Å². The zero-order valence-corrected chi connectivity index (χ0v) is 35.3. The summed E-state index contributed by atoms with van der Waals surface area (Å²) in [6.07, 6.45) is 0. The van der Waals surface area contributed by atoms with Gasteiger partial charge in [0.25, 0.3) is 0 Å². The Hall–Kier alpha value is -7.62. The van der Waals surface area contributed by atoms with Crippen molar-refractivity contribution in [2.75, 3.05) is 4.90 Å². The van der Waals surface area contributed by atoms with Gasteiger partial charge in [-0.05, 0) is 137 Å². The topological polar surface area (TPSA) is 21.3 Å². The molecule has 12 rings (SSSR count). The fraction of sp³-hybridized carbons (Fsp3) is 0.0847. The van der Waals surface area contributed by atoms with Crippen LogP contribution in [0.4, 0.5) is 17.1 Å². The summed E-state index contributed by atoms with van der Waals surface area (Å²) in [5.74, 6) is 0. The van der Waals surface area contributed by atoms with E-state index in [4.69, 9.17) is 4.42 Å². The summed E-state index contributed by atoms with van der Waals surface area (Å²) in [7, 11) is 0. The molecular weight excluding hydrogens is 753 g/mol. The van der Waals surface area contributed by atoms with Crippen molar-refractivity contribution in [2.45, 2.75) is 33.1 Å². The lowest BCUT2D eigenvalue weighted by molar-refractivity contribution is 0.660. The number of para-hydroxylation sites is 3. The minimum absolute atomic E-state index is 0.119. The van der Waals surface area contributed by atoms with Gasteiger partial charge in [-0.2, -0.15) is 0 Å². The van der Waals surface area contributed by atoms with Gasteiger partial charge in [-0.15, -0.1) is 0 Å². The number of aromatic nitrogens is 1. The molecule has 2 heterocycles. The average Bonchev–Trinajstić information content (AvgIpc) is 3.92. The first-order valence-electron chi connectivity index (χ1n) is 21.6. The van der Waals surface area contributed by atoms with Crippen molar-refractivity contribution in [2.24, 2.45) is 0 Å². The molecular formula is C59H44N2O. The molecule has 0 fully saturated rings. The van der Waals surface area contributed by atoms with E-state index < -0.39 is 0 Å². The second-order valence-electron chi connectivity index (χ2n) is 17.5. The smallest absolute Gasteiger partial charge is 0.143 e. The molecule has 0 N–H and O–H groups in total. The van der Waals surface area contributed by atoms with Gasteiger partial charge in [0, 0.05) is 55.3 Å². The van der Waals surface area contributed by atoms with E-state index in [1.54, 1.807) is 0 Å². The Morgan fingerprint density at radius 2 is 1.02 bits per heavy atom. The van der Waals surface area contributed by atoms with Crippen LogP contribution in [0.1, 0.15) is 36.1 Å². The van der Waals surface area contributed by atoms with Crippen LogP contribution >= 0.6 is 0 Å². The van der Waals surface area contributed by atoms with Crippen LogP contribution in [-0.2, 0) is 5.41 Å². The van der Waals surface area contributed by atoms with Gasteiger partial charge in [0.1, 0.15) is 11.2 Å². The third kappa shape index (κ3) is 5.58. The Morgan fingerprint density at radius 3 is 1.81 bits per heavy atom. The molecule has 2 aromatic heterocycles. The van der Waals surface area contributed by atoms with E-state index in [0.29, 0.717) is 0 Å². The predicted octanol–water partition coefficient (Wildman–Crippen LogP) is 16.4. The van der Waals surface area contributed by atoms with E-state index in [9.17, 15) is 0 Å². The van der Waals surface area contributed by atoms with Crippen molar-refractivity contribution in [3.8, 4) is 39.1 Å². The van der Waals surface area contributed by atoms with E-state index in [1.807, 2.05) is 12.1 Å². The number of benzene rings is 9. The Balaban J connectivity index is 0.962. The number of nitrogens with zero attached hydrogens (tertiary/aromatic N) is 2. The highest BCUT2D eigenvalue weighted by atomic mass is 16.3. The maximum Gasteiger partial charge on any atom is 0.143 e. The number of fused-ring (bicyclic) bond motifs is 9. The second-order valence-corrected chi connectivity index (χ2v) is 17.5. The Morgan fingerprint density at radius 1 is 0.419 bits per heavy atom. The maximum atomic E-state index is 6.45. The van der Waals surface area contributed by atoms with Gasteiger partial charge in [0.05, 0.1) is 11.0 Å². The number of anilines is 3. The normalized spacial score (nSPS) is 13.0. The van der Waals surface area contributed by atoms with Crippen molar-refractivity contribution in [1.29, 1.82) is 0 Å². The van der Waals surface area contributed by atoms with Crippen LogP contribution < -0.4 is 4.90 Å². The number of hydrogen-bond acceptors (Lipinski definition) is 2. The van der Waals surface area contributed by atoms with Crippen LogP contribution in [0.2, 0.25) is 0 Å². The van der Waals surface area contributed by atoms with Gasteiger partial charge in [-0.3, -0.25) is 0 Å². The maximum absolute atomic E-state index is 6.45. The molecule has 0 aliphatic heterocycles. The molecule has 296 valence electrons. The fourth-order valence-corrected chi connectivity index (χ4v) is 10.4. The first-order chi connectivity index (χ1) is 30.3. The summed E-state index contributed by atoms with van der Waals surface area (Å²) in [6.45, 7) is 9.06. The van der Waals surface area contributed by atoms with E-state index >= 15 is 0 Å². The van der Waals surface area contributed by atoms with Crippen LogP contribution in [0.5, 0.6) is 0 Å². The molecule has 1 aliphatic carbocycles. The first kappa shape index (κ1) is 36.2. The quantitative estimate of drug-likeness (QED) is 0.167. The van der Waals surface area contributed by atoms with Crippen LogP contribution in [0, 0.1) is 13.8 Å². The van der Waals surface area contributed by atoms with Crippen molar-refractivity contribution in [1.82, 2.24) is 4.57 Å². The third-order valence-corrected chi connectivity index (χ3v) is 13.3. The minimum Gasteiger partial charge on any atom is -0.455 e.